The smallest absolute Gasteiger partial charge is 0.287 e. The van der Waals surface area contributed by atoms with E-state index in [1.165, 1.54) is 0 Å². The molecule has 0 atom stereocenters. The molecule has 1 amide bonds. The van der Waals surface area contributed by atoms with Crippen molar-refractivity contribution in [1.82, 2.24) is 10.6 Å². The van der Waals surface area contributed by atoms with Crippen LogP contribution in [-0.2, 0) is 6.54 Å². The van der Waals surface area contributed by atoms with Crippen molar-refractivity contribution in [2.24, 2.45) is 0 Å². The third-order valence-electron chi connectivity index (χ3n) is 1.72. The van der Waals surface area contributed by atoms with Crippen LogP contribution in [0.25, 0.3) is 0 Å². The summed E-state index contributed by atoms with van der Waals surface area (Å²) >= 11 is 0. The van der Waals surface area contributed by atoms with Crippen molar-refractivity contribution in [3.8, 4) is 0 Å². The summed E-state index contributed by atoms with van der Waals surface area (Å²) in [5.41, 5.74) is -0.243. The Labute approximate surface area is 90.0 Å². The molecule has 4 nitrogen and oxygen atoms in total. The van der Waals surface area contributed by atoms with Crippen LogP contribution in [0.2, 0.25) is 0 Å². The van der Waals surface area contributed by atoms with E-state index in [-0.39, 0.29) is 11.4 Å². The highest BCUT2D eigenvalue weighted by Gasteiger charge is 2.17. The van der Waals surface area contributed by atoms with Crippen molar-refractivity contribution in [3.63, 3.8) is 0 Å². The number of hydrogen-bond donors (Lipinski definition) is 2. The van der Waals surface area contributed by atoms with Gasteiger partial charge in [0.05, 0.1) is 6.54 Å². The van der Waals surface area contributed by atoms with Gasteiger partial charge in [-0.15, -0.1) is 0 Å². The van der Waals surface area contributed by atoms with Crippen LogP contribution in [0.4, 0.5) is 0 Å². The Bertz CT molecular complexity index is 337. The van der Waals surface area contributed by atoms with Gasteiger partial charge in [0.25, 0.3) is 5.91 Å². The zero-order valence-electron chi connectivity index (χ0n) is 9.68. The lowest BCUT2D eigenvalue weighted by molar-refractivity contribution is 0.0889. The van der Waals surface area contributed by atoms with Crippen molar-refractivity contribution in [1.29, 1.82) is 0 Å². The number of amides is 1. The van der Waals surface area contributed by atoms with E-state index in [1.54, 1.807) is 12.1 Å². The van der Waals surface area contributed by atoms with Gasteiger partial charge in [-0.2, -0.15) is 0 Å². The highest BCUT2D eigenvalue weighted by molar-refractivity contribution is 5.91. The summed E-state index contributed by atoms with van der Waals surface area (Å²) in [5.74, 6) is 0.941. The molecular weight excluding hydrogens is 192 g/mol. The van der Waals surface area contributed by atoms with Gasteiger partial charge in [-0.1, -0.05) is 0 Å². The van der Waals surface area contributed by atoms with E-state index >= 15 is 0 Å². The second-order valence-corrected chi connectivity index (χ2v) is 4.50. The summed E-state index contributed by atoms with van der Waals surface area (Å²) in [6, 6.07) is 3.49. The molecule has 1 aromatic heterocycles. The maximum absolute atomic E-state index is 11.7. The zero-order chi connectivity index (χ0) is 11.5. The summed E-state index contributed by atoms with van der Waals surface area (Å²) in [5, 5.41) is 5.80. The minimum atomic E-state index is -0.243. The maximum atomic E-state index is 11.7. The van der Waals surface area contributed by atoms with Gasteiger partial charge in [0.15, 0.2) is 5.76 Å². The molecule has 0 aromatic carbocycles. The number of furan rings is 1. The molecule has 0 radical (unpaired) electrons. The molecule has 0 spiro atoms. The Balaban J connectivity index is 2.66. The number of carbonyl (C=O) groups is 1. The van der Waals surface area contributed by atoms with Gasteiger partial charge in [-0.25, -0.2) is 0 Å². The van der Waals surface area contributed by atoms with Crippen molar-refractivity contribution in [2.75, 3.05) is 7.05 Å². The fourth-order valence-electron chi connectivity index (χ4n) is 1.17. The topological polar surface area (TPSA) is 54.3 Å². The van der Waals surface area contributed by atoms with E-state index < -0.39 is 0 Å². The number of carbonyl (C=O) groups excluding carboxylic acids is 1. The van der Waals surface area contributed by atoms with Gasteiger partial charge in [-0.05, 0) is 40.0 Å². The fourth-order valence-corrected chi connectivity index (χ4v) is 1.17. The van der Waals surface area contributed by atoms with E-state index in [2.05, 4.69) is 10.6 Å². The summed E-state index contributed by atoms with van der Waals surface area (Å²) in [4.78, 5) is 11.7. The largest absolute Gasteiger partial charge is 0.455 e. The van der Waals surface area contributed by atoms with Gasteiger partial charge < -0.3 is 15.1 Å². The maximum Gasteiger partial charge on any atom is 0.287 e. The molecule has 0 aliphatic carbocycles. The normalized spacial score (nSPS) is 11.5. The number of rotatable bonds is 3. The second-order valence-electron chi connectivity index (χ2n) is 4.50. The van der Waals surface area contributed by atoms with Crippen molar-refractivity contribution in [3.05, 3.63) is 23.7 Å². The van der Waals surface area contributed by atoms with Crippen LogP contribution in [0.5, 0.6) is 0 Å². The molecule has 0 fully saturated rings. The molecule has 84 valence electrons. The molecule has 15 heavy (non-hydrogen) atoms. The third kappa shape index (κ3) is 3.75. The average Bonchev–Trinajstić information content (AvgIpc) is 2.50. The lowest BCUT2D eigenvalue weighted by Crippen LogP contribution is -2.40. The number of nitrogens with one attached hydrogen (secondary N) is 2. The lowest BCUT2D eigenvalue weighted by atomic mass is 10.1. The summed E-state index contributed by atoms with van der Waals surface area (Å²) in [6.07, 6.45) is 0. The Kier molecular flexibility index (Phi) is 3.52. The quantitative estimate of drug-likeness (QED) is 0.795. The van der Waals surface area contributed by atoms with Crippen molar-refractivity contribution < 1.29 is 9.21 Å². The van der Waals surface area contributed by atoms with Crippen molar-refractivity contribution >= 4 is 5.91 Å². The Morgan fingerprint density at radius 1 is 1.40 bits per heavy atom. The van der Waals surface area contributed by atoms with Gasteiger partial charge in [0, 0.05) is 5.54 Å². The van der Waals surface area contributed by atoms with Crippen LogP contribution in [-0.4, -0.2) is 18.5 Å². The van der Waals surface area contributed by atoms with Crippen LogP contribution in [0.1, 0.15) is 37.1 Å². The minimum absolute atomic E-state index is 0.176. The van der Waals surface area contributed by atoms with Crippen molar-refractivity contribution in [2.45, 2.75) is 32.9 Å². The van der Waals surface area contributed by atoms with E-state index in [9.17, 15) is 4.79 Å². The van der Waals surface area contributed by atoms with E-state index in [0.717, 1.165) is 5.76 Å². The zero-order valence-corrected chi connectivity index (χ0v) is 9.68. The van der Waals surface area contributed by atoms with E-state index in [1.807, 2.05) is 27.8 Å². The molecule has 1 heterocycles. The first kappa shape index (κ1) is 11.8. The van der Waals surface area contributed by atoms with Gasteiger partial charge in [0.1, 0.15) is 5.76 Å². The average molecular weight is 210 g/mol. The SMILES string of the molecule is CNCc1ccc(C(=O)NC(C)(C)C)o1. The standard InChI is InChI=1S/C11H18N2O2/c1-11(2,3)13-10(14)9-6-5-8(15-9)7-12-4/h5-6,12H,7H2,1-4H3,(H,13,14). The molecule has 1 aromatic rings. The van der Waals surface area contributed by atoms with Gasteiger partial charge in [-0.3, -0.25) is 4.79 Å². The highest BCUT2D eigenvalue weighted by atomic mass is 16.4. The molecule has 0 aliphatic rings. The number of hydrogen-bond acceptors (Lipinski definition) is 3. The first-order valence-electron chi connectivity index (χ1n) is 4.98. The van der Waals surface area contributed by atoms with Crippen LogP contribution in [0.15, 0.2) is 16.5 Å². The predicted octanol–water partition coefficient (Wildman–Crippen LogP) is 1.53. The molecule has 0 saturated heterocycles. The molecule has 0 aliphatic heterocycles. The van der Waals surface area contributed by atoms with E-state index in [0.29, 0.717) is 12.3 Å². The van der Waals surface area contributed by atoms with Gasteiger partial charge in [0.2, 0.25) is 0 Å². The lowest BCUT2D eigenvalue weighted by Gasteiger charge is -2.19. The van der Waals surface area contributed by atoms with Crippen LogP contribution >= 0.6 is 0 Å². The first-order valence-corrected chi connectivity index (χ1v) is 4.98. The van der Waals surface area contributed by atoms with Crippen LogP contribution in [0.3, 0.4) is 0 Å². The second kappa shape index (κ2) is 4.49. The molecule has 4 heteroatoms. The summed E-state index contributed by atoms with van der Waals surface area (Å²) < 4.78 is 5.36. The van der Waals surface area contributed by atoms with Gasteiger partial charge >= 0.3 is 0 Å². The first-order chi connectivity index (χ1) is 6.92. The molecule has 0 saturated carbocycles. The summed E-state index contributed by atoms with van der Waals surface area (Å²) in [7, 11) is 1.83. The predicted molar refractivity (Wildman–Crippen MR) is 58.7 cm³/mol. The highest BCUT2D eigenvalue weighted by Crippen LogP contribution is 2.09. The third-order valence-corrected chi connectivity index (χ3v) is 1.72. The Morgan fingerprint density at radius 2 is 2.07 bits per heavy atom. The monoisotopic (exact) mass is 210 g/mol. The molecule has 0 unspecified atom stereocenters. The van der Waals surface area contributed by atoms with E-state index in [4.69, 9.17) is 4.42 Å². The molecule has 1 rings (SSSR count). The Hall–Kier alpha value is -1.29. The minimum Gasteiger partial charge on any atom is -0.455 e. The molecular formula is C11H18N2O2. The van der Waals surface area contributed by atoms with Crippen LogP contribution < -0.4 is 10.6 Å². The Morgan fingerprint density at radius 3 is 2.60 bits per heavy atom. The summed E-state index contributed by atoms with van der Waals surface area (Å²) in [6.45, 7) is 6.43. The molecule has 2 N–H and O–H groups in total. The van der Waals surface area contributed by atoms with Crippen LogP contribution in [0, 0.1) is 0 Å². The fraction of sp³-hybridized carbons (Fsp3) is 0.545. The molecule has 0 bridgehead atoms.